The average Bonchev–Trinajstić information content (AvgIpc) is 2.36. The van der Waals surface area contributed by atoms with E-state index in [0.717, 1.165) is 6.07 Å². The normalized spacial score (nSPS) is 11.0. The fourth-order valence-corrected chi connectivity index (χ4v) is 3.05. The van der Waals surface area contributed by atoms with E-state index in [-0.39, 0.29) is 22.0 Å². The molecule has 108 valence electrons. The van der Waals surface area contributed by atoms with Crippen molar-refractivity contribution in [2.75, 3.05) is 0 Å². The highest BCUT2D eigenvalue weighted by Gasteiger charge is 2.18. The summed E-state index contributed by atoms with van der Waals surface area (Å²) in [6.07, 6.45) is 0. The first-order valence-corrected chi connectivity index (χ1v) is 8.49. The number of nitrogens with zero attached hydrogens (tertiary/aromatic N) is 1. The molecule has 0 aliphatic rings. The van der Waals surface area contributed by atoms with E-state index in [1.807, 2.05) is 6.07 Å². The van der Waals surface area contributed by atoms with Crippen molar-refractivity contribution < 1.29 is 13.2 Å². The Morgan fingerprint density at radius 1 is 1.05 bits per heavy atom. The highest BCUT2D eigenvalue weighted by atomic mass is 35.7. The molecule has 0 N–H and O–H groups in total. The van der Waals surface area contributed by atoms with Gasteiger partial charge in [-0.05, 0) is 36.4 Å². The zero-order valence-electron chi connectivity index (χ0n) is 10.2. The second-order valence-electron chi connectivity index (χ2n) is 3.92. The quantitative estimate of drug-likeness (QED) is 0.749. The molecule has 0 radical (unpaired) electrons. The van der Waals surface area contributed by atoms with E-state index < -0.39 is 9.05 Å². The van der Waals surface area contributed by atoms with E-state index in [9.17, 15) is 8.42 Å². The van der Waals surface area contributed by atoms with Crippen molar-refractivity contribution in [3.63, 3.8) is 0 Å². The van der Waals surface area contributed by atoms with Gasteiger partial charge in [-0.25, -0.2) is 8.42 Å². The third kappa shape index (κ3) is 4.02. The summed E-state index contributed by atoms with van der Waals surface area (Å²) in [5.41, 5.74) is 0.144. The highest BCUT2D eigenvalue weighted by Crippen LogP contribution is 2.34. The van der Waals surface area contributed by atoms with Crippen LogP contribution in [0.2, 0.25) is 10.0 Å². The van der Waals surface area contributed by atoms with Gasteiger partial charge in [0.25, 0.3) is 9.05 Å². The topological polar surface area (TPSA) is 67.2 Å². The molecule has 2 aromatic carbocycles. The largest absolute Gasteiger partial charge is 0.456 e. The Morgan fingerprint density at radius 2 is 1.67 bits per heavy atom. The van der Waals surface area contributed by atoms with Gasteiger partial charge in [-0.15, -0.1) is 0 Å². The number of nitriles is 1. The molecule has 0 saturated carbocycles. The van der Waals surface area contributed by atoms with E-state index >= 15 is 0 Å². The first-order chi connectivity index (χ1) is 9.79. The van der Waals surface area contributed by atoms with Crippen LogP contribution in [0.1, 0.15) is 5.56 Å². The Labute approximate surface area is 135 Å². The van der Waals surface area contributed by atoms with Crippen LogP contribution in [-0.2, 0) is 9.05 Å². The summed E-state index contributed by atoms with van der Waals surface area (Å²) >= 11 is 11.7. The molecule has 0 atom stereocenters. The van der Waals surface area contributed by atoms with Crippen LogP contribution in [0.25, 0.3) is 0 Å². The Morgan fingerprint density at radius 3 is 2.19 bits per heavy atom. The van der Waals surface area contributed by atoms with Crippen LogP contribution in [0.4, 0.5) is 0 Å². The molecule has 0 unspecified atom stereocenters. The molecule has 0 fully saturated rings. The van der Waals surface area contributed by atoms with Gasteiger partial charge in [0.1, 0.15) is 16.4 Å². The maximum atomic E-state index is 11.6. The van der Waals surface area contributed by atoms with Crippen LogP contribution in [0.3, 0.4) is 0 Å². The van der Waals surface area contributed by atoms with Gasteiger partial charge >= 0.3 is 0 Å². The Kier molecular flexibility index (Phi) is 4.64. The van der Waals surface area contributed by atoms with Crippen molar-refractivity contribution in [2.24, 2.45) is 0 Å². The van der Waals surface area contributed by atoms with Crippen LogP contribution in [-0.4, -0.2) is 8.42 Å². The molecule has 21 heavy (non-hydrogen) atoms. The third-order valence-corrected chi connectivity index (χ3v) is 4.18. The van der Waals surface area contributed by atoms with E-state index in [0.29, 0.717) is 10.0 Å². The fourth-order valence-electron chi connectivity index (χ4n) is 1.57. The number of hydrogen-bond donors (Lipinski definition) is 0. The maximum absolute atomic E-state index is 11.6. The molecule has 2 rings (SSSR count). The lowest BCUT2D eigenvalue weighted by molar-refractivity contribution is 0.468. The molecule has 4 nitrogen and oxygen atoms in total. The van der Waals surface area contributed by atoms with Gasteiger partial charge in [0.2, 0.25) is 0 Å². The first-order valence-electron chi connectivity index (χ1n) is 5.42. The zero-order chi connectivity index (χ0) is 15.6. The maximum Gasteiger partial charge on any atom is 0.265 e. The summed E-state index contributed by atoms with van der Waals surface area (Å²) in [6, 6.07) is 10.1. The van der Waals surface area contributed by atoms with E-state index in [2.05, 4.69) is 0 Å². The van der Waals surface area contributed by atoms with E-state index in [1.165, 1.54) is 30.3 Å². The van der Waals surface area contributed by atoms with Gasteiger partial charge in [-0.1, -0.05) is 23.2 Å². The highest BCUT2D eigenvalue weighted by molar-refractivity contribution is 8.13. The average molecular weight is 363 g/mol. The lowest BCUT2D eigenvalue weighted by Crippen LogP contribution is -1.97. The second kappa shape index (κ2) is 6.12. The summed E-state index contributed by atoms with van der Waals surface area (Å²) < 4.78 is 28.6. The second-order valence-corrected chi connectivity index (χ2v) is 7.33. The number of benzene rings is 2. The van der Waals surface area contributed by atoms with Gasteiger partial charge in [-0.2, -0.15) is 5.26 Å². The van der Waals surface area contributed by atoms with Crippen LogP contribution >= 0.6 is 33.9 Å². The third-order valence-electron chi connectivity index (χ3n) is 2.40. The minimum absolute atomic E-state index is 0.0256. The smallest absolute Gasteiger partial charge is 0.265 e. The summed E-state index contributed by atoms with van der Waals surface area (Å²) in [5, 5.41) is 9.49. The number of hydrogen-bond acceptors (Lipinski definition) is 4. The number of ether oxygens (including phenoxy) is 1. The molecule has 0 amide bonds. The summed E-state index contributed by atoms with van der Waals surface area (Å²) in [4.78, 5) is -0.306. The predicted molar refractivity (Wildman–Crippen MR) is 80.7 cm³/mol. The molecule has 2 aromatic rings. The van der Waals surface area contributed by atoms with Gasteiger partial charge < -0.3 is 4.74 Å². The zero-order valence-corrected chi connectivity index (χ0v) is 13.3. The minimum atomic E-state index is -4.08. The minimum Gasteiger partial charge on any atom is -0.456 e. The number of rotatable bonds is 3. The van der Waals surface area contributed by atoms with Crippen molar-refractivity contribution in [2.45, 2.75) is 4.90 Å². The van der Waals surface area contributed by atoms with Crippen molar-refractivity contribution in [1.29, 1.82) is 5.26 Å². The molecular weight excluding hydrogens is 357 g/mol. The molecule has 0 spiro atoms. The fraction of sp³-hybridized carbons (Fsp3) is 0. The van der Waals surface area contributed by atoms with Crippen molar-refractivity contribution in [3.05, 3.63) is 52.0 Å². The van der Waals surface area contributed by atoms with Crippen LogP contribution in [0.15, 0.2) is 41.3 Å². The Bertz CT molecular complexity index is 824. The SMILES string of the molecule is N#Cc1ccc(Oc2cc(Cl)cc(Cl)c2)c(S(=O)(=O)Cl)c1. The molecule has 0 aliphatic carbocycles. The molecule has 0 heterocycles. The van der Waals surface area contributed by atoms with E-state index in [4.69, 9.17) is 43.9 Å². The Balaban J connectivity index is 2.52. The van der Waals surface area contributed by atoms with Crippen molar-refractivity contribution in [1.82, 2.24) is 0 Å². The Hall–Kier alpha value is -1.45. The molecule has 0 aliphatic heterocycles. The summed E-state index contributed by atoms with van der Waals surface area (Å²) in [7, 11) is 1.28. The molecule has 0 saturated heterocycles. The summed E-state index contributed by atoms with van der Waals surface area (Å²) in [5.74, 6) is 0.223. The van der Waals surface area contributed by atoms with Crippen molar-refractivity contribution in [3.8, 4) is 17.6 Å². The lowest BCUT2D eigenvalue weighted by Gasteiger charge is -2.10. The molecule has 0 bridgehead atoms. The number of halogens is 3. The first kappa shape index (κ1) is 15.9. The standard InChI is InChI=1S/C13H6Cl3NO3S/c14-9-4-10(15)6-11(5-9)20-12-2-1-8(7-17)3-13(12)21(16,18)19/h1-6H. The van der Waals surface area contributed by atoms with Crippen LogP contribution in [0.5, 0.6) is 11.5 Å². The molecule has 8 heteroatoms. The van der Waals surface area contributed by atoms with Crippen molar-refractivity contribution >= 4 is 42.9 Å². The van der Waals surface area contributed by atoms with Gasteiger partial charge in [0, 0.05) is 20.7 Å². The van der Waals surface area contributed by atoms with Gasteiger partial charge in [0.15, 0.2) is 0 Å². The van der Waals surface area contributed by atoms with Gasteiger partial charge in [0.05, 0.1) is 11.6 Å². The molecular formula is C13H6Cl3NO3S. The van der Waals surface area contributed by atoms with Crippen LogP contribution in [0, 0.1) is 11.3 Å². The van der Waals surface area contributed by atoms with E-state index in [1.54, 1.807) is 0 Å². The monoisotopic (exact) mass is 361 g/mol. The van der Waals surface area contributed by atoms with Gasteiger partial charge in [-0.3, -0.25) is 0 Å². The summed E-state index contributed by atoms with van der Waals surface area (Å²) in [6.45, 7) is 0. The van der Waals surface area contributed by atoms with Crippen LogP contribution < -0.4 is 4.74 Å². The lowest BCUT2D eigenvalue weighted by atomic mass is 10.2. The molecule has 0 aromatic heterocycles. The predicted octanol–water partition coefficient (Wildman–Crippen LogP) is 4.58.